The zero-order valence-corrected chi connectivity index (χ0v) is 12.4. The molecule has 0 aliphatic carbocycles. The molecule has 2 rings (SSSR count). The fourth-order valence-electron chi connectivity index (χ4n) is 1.62. The van der Waals surface area contributed by atoms with Gasteiger partial charge in [0.05, 0.1) is 0 Å². The largest absolute Gasteiger partial charge is 0.514 e. The second-order valence-corrected chi connectivity index (χ2v) is 6.52. The van der Waals surface area contributed by atoms with Crippen molar-refractivity contribution >= 4 is 17.1 Å². The van der Waals surface area contributed by atoms with Crippen molar-refractivity contribution in [3.63, 3.8) is 0 Å². The van der Waals surface area contributed by atoms with E-state index in [1.165, 1.54) is 4.90 Å². The summed E-state index contributed by atoms with van der Waals surface area (Å²) in [7, 11) is 0.200. The molecular formula is C16H17O3S+. The van der Waals surface area contributed by atoms with Gasteiger partial charge < -0.3 is 9.47 Å². The molecular weight excluding hydrogens is 272 g/mol. The smallest absolute Gasteiger partial charge is 0.429 e. The molecule has 4 heteroatoms. The average molecular weight is 289 g/mol. The topological polar surface area (TPSA) is 35.5 Å². The lowest BCUT2D eigenvalue weighted by molar-refractivity contribution is 0.0927. The Morgan fingerprint density at radius 3 is 2.25 bits per heavy atom. The van der Waals surface area contributed by atoms with Gasteiger partial charge in [0.15, 0.2) is 4.90 Å². The van der Waals surface area contributed by atoms with Crippen LogP contribution in [0.2, 0.25) is 0 Å². The van der Waals surface area contributed by atoms with E-state index >= 15 is 0 Å². The van der Waals surface area contributed by atoms with Gasteiger partial charge in [0.1, 0.15) is 24.9 Å². The first kappa shape index (κ1) is 14.5. The molecule has 0 spiro atoms. The minimum Gasteiger partial charge on any atom is -0.429 e. The van der Waals surface area contributed by atoms with Crippen molar-refractivity contribution in [2.24, 2.45) is 0 Å². The molecule has 0 saturated carbocycles. The molecule has 0 amide bonds. The van der Waals surface area contributed by atoms with Crippen LogP contribution in [0.5, 0.6) is 5.75 Å². The number of carbonyl (C=O) groups is 1. The van der Waals surface area contributed by atoms with E-state index in [1.807, 2.05) is 42.5 Å². The molecule has 0 aliphatic heterocycles. The third kappa shape index (κ3) is 4.31. The SMILES string of the molecule is C[S+](C)c1ccc(OC(=O)OCc2ccccc2)cc1. The van der Waals surface area contributed by atoms with E-state index in [-0.39, 0.29) is 17.5 Å². The summed E-state index contributed by atoms with van der Waals surface area (Å²) in [5, 5.41) is 0. The van der Waals surface area contributed by atoms with Gasteiger partial charge in [-0.1, -0.05) is 30.3 Å². The van der Waals surface area contributed by atoms with Crippen LogP contribution in [0, 0.1) is 0 Å². The summed E-state index contributed by atoms with van der Waals surface area (Å²) >= 11 is 0. The van der Waals surface area contributed by atoms with Crippen molar-refractivity contribution in [2.45, 2.75) is 11.5 Å². The third-order valence-electron chi connectivity index (χ3n) is 2.70. The molecule has 0 aliphatic rings. The van der Waals surface area contributed by atoms with E-state index in [0.717, 1.165) is 5.56 Å². The van der Waals surface area contributed by atoms with Gasteiger partial charge in [-0.2, -0.15) is 0 Å². The van der Waals surface area contributed by atoms with Gasteiger partial charge in [-0.3, -0.25) is 0 Å². The Kier molecular flexibility index (Phi) is 5.07. The molecule has 0 saturated heterocycles. The second kappa shape index (κ2) is 7.01. The molecule has 0 radical (unpaired) electrons. The normalized spacial score (nSPS) is 10.3. The van der Waals surface area contributed by atoms with Crippen molar-refractivity contribution in [3.8, 4) is 5.75 Å². The molecule has 0 bridgehead atoms. The Bertz CT molecular complexity index is 550. The van der Waals surface area contributed by atoms with Gasteiger partial charge in [0.25, 0.3) is 0 Å². The van der Waals surface area contributed by atoms with Crippen LogP contribution in [0.4, 0.5) is 4.79 Å². The fraction of sp³-hybridized carbons (Fsp3) is 0.188. The van der Waals surface area contributed by atoms with Crippen LogP contribution in [0.15, 0.2) is 59.5 Å². The summed E-state index contributed by atoms with van der Waals surface area (Å²) in [4.78, 5) is 12.8. The van der Waals surface area contributed by atoms with E-state index in [4.69, 9.17) is 9.47 Å². The van der Waals surface area contributed by atoms with Crippen LogP contribution in [-0.2, 0) is 22.2 Å². The molecule has 0 fully saturated rings. The molecule has 3 nitrogen and oxygen atoms in total. The Hall–Kier alpha value is -1.94. The van der Waals surface area contributed by atoms with Crippen molar-refractivity contribution in [3.05, 3.63) is 60.2 Å². The second-order valence-electron chi connectivity index (χ2n) is 4.41. The third-order valence-corrected chi connectivity index (χ3v) is 3.91. The van der Waals surface area contributed by atoms with Gasteiger partial charge in [0.2, 0.25) is 0 Å². The predicted molar refractivity (Wildman–Crippen MR) is 81.2 cm³/mol. The molecule has 0 unspecified atom stereocenters. The summed E-state index contributed by atoms with van der Waals surface area (Å²) in [5.74, 6) is 0.497. The van der Waals surface area contributed by atoms with Gasteiger partial charge in [-0.25, -0.2) is 4.79 Å². The molecule has 2 aromatic carbocycles. The summed E-state index contributed by atoms with van der Waals surface area (Å²) in [6, 6.07) is 17.0. The average Bonchev–Trinajstić information content (AvgIpc) is 2.47. The highest BCUT2D eigenvalue weighted by Gasteiger charge is 2.10. The number of rotatable bonds is 4. The van der Waals surface area contributed by atoms with Crippen LogP contribution in [-0.4, -0.2) is 18.7 Å². The van der Waals surface area contributed by atoms with Gasteiger partial charge in [-0.05, 0) is 29.8 Å². The Labute approximate surface area is 121 Å². The highest BCUT2D eigenvalue weighted by atomic mass is 32.2. The lowest BCUT2D eigenvalue weighted by Crippen LogP contribution is -2.10. The minimum absolute atomic E-state index is 0.200. The van der Waals surface area contributed by atoms with Gasteiger partial charge in [0, 0.05) is 10.9 Å². The van der Waals surface area contributed by atoms with E-state index in [0.29, 0.717) is 5.75 Å². The molecule has 104 valence electrons. The maximum absolute atomic E-state index is 11.6. The van der Waals surface area contributed by atoms with E-state index < -0.39 is 6.16 Å². The first-order valence-corrected chi connectivity index (χ1v) is 8.25. The molecule has 0 heterocycles. The van der Waals surface area contributed by atoms with Crippen LogP contribution < -0.4 is 4.74 Å². The highest BCUT2D eigenvalue weighted by molar-refractivity contribution is 7.95. The summed E-state index contributed by atoms with van der Waals surface area (Å²) in [6.07, 6.45) is 3.60. The van der Waals surface area contributed by atoms with E-state index in [1.54, 1.807) is 12.1 Å². The van der Waals surface area contributed by atoms with Crippen molar-refractivity contribution < 1.29 is 14.3 Å². The fourth-order valence-corrected chi connectivity index (χ4v) is 2.30. The minimum atomic E-state index is -0.686. The summed E-state index contributed by atoms with van der Waals surface area (Å²) in [5.41, 5.74) is 0.931. The quantitative estimate of drug-likeness (QED) is 0.490. The van der Waals surface area contributed by atoms with Crippen LogP contribution in [0.3, 0.4) is 0 Å². The lowest BCUT2D eigenvalue weighted by Gasteiger charge is -2.06. The zero-order valence-electron chi connectivity index (χ0n) is 11.5. The van der Waals surface area contributed by atoms with Crippen molar-refractivity contribution in [1.29, 1.82) is 0 Å². The number of benzene rings is 2. The molecule has 2 aromatic rings. The Balaban J connectivity index is 1.85. The number of carbonyl (C=O) groups excluding carboxylic acids is 1. The number of hydrogen-bond donors (Lipinski definition) is 0. The monoisotopic (exact) mass is 289 g/mol. The van der Waals surface area contributed by atoms with Gasteiger partial charge >= 0.3 is 6.16 Å². The van der Waals surface area contributed by atoms with E-state index in [9.17, 15) is 4.79 Å². The van der Waals surface area contributed by atoms with E-state index in [2.05, 4.69) is 12.5 Å². The van der Waals surface area contributed by atoms with Crippen molar-refractivity contribution in [1.82, 2.24) is 0 Å². The molecule has 0 aromatic heterocycles. The molecule has 0 N–H and O–H groups in total. The first-order chi connectivity index (χ1) is 9.65. The maximum atomic E-state index is 11.6. The first-order valence-electron chi connectivity index (χ1n) is 6.21. The van der Waals surface area contributed by atoms with Crippen LogP contribution in [0.25, 0.3) is 0 Å². The zero-order chi connectivity index (χ0) is 14.4. The molecule has 20 heavy (non-hydrogen) atoms. The number of ether oxygens (including phenoxy) is 2. The Morgan fingerprint density at radius 1 is 1.00 bits per heavy atom. The standard InChI is InChI=1S/C16H17O3S/c1-20(2)15-10-8-14(9-11-15)19-16(17)18-12-13-6-4-3-5-7-13/h3-11H,12H2,1-2H3/q+1. The Morgan fingerprint density at radius 2 is 1.65 bits per heavy atom. The van der Waals surface area contributed by atoms with Crippen LogP contribution in [0.1, 0.15) is 5.56 Å². The van der Waals surface area contributed by atoms with Gasteiger partial charge in [-0.15, -0.1) is 0 Å². The predicted octanol–water partition coefficient (Wildman–Crippen LogP) is 3.64. The lowest BCUT2D eigenvalue weighted by atomic mass is 10.2. The number of hydrogen-bond acceptors (Lipinski definition) is 3. The maximum Gasteiger partial charge on any atom is 0.514 e. The van der Waals surface area contributed by atoms with Crippen LogP contribution >= 0.6 is 0 Å². The summed E-state index contributed by atoms with van der Waals surface area (Å²) < 4.78 is 10.2. The highest BCUT2D eigenvalue weighted by Crippen LogP contribution is 2.16. The summed E-state index contributed by atoms with van der Waals surface area (Å²) in [6.45, 7) is 0.213. The molecule has 0 atom stereocenters. The van der Waals surface area contributed by atoms with Crippen molar-refractivity contribution in [2.75, 3.05) is 12.5 Å².